The van der Waals surface area contributed by atoms with Gasteiger partial charge in [-0.2, -0.15) is 11.8 Å². The van der Waals surface area contributed by atoms with E-state index in [1.54, 1.807) is 0 Å². The Hall–Kier alpha value is -3.13. The number of hydrogen-bond acceptors (Lipinski definition) is 14. The molecule has 0 radical (unpaired) electrons. The Bertz CT molecular complexity index is 1310. The first-order valence-corrected chi connectivity index (χ1v) is 18.3. The highest BCUT2D eigenvalue weighted by Crippen LogP contribution is 2.26. The number of carboxylic acids is 1. The molecule has 10 N–H and O–H groups in total. The Balaban J connectivity index is 1.70. The lowest BCUT2D eigenvalue weighted by atomic mass is 9.92. The van der Waals surface area contributed by atoms with Gasteiger partial charge in [0.2, 0.25) is 5.91 Å². The van der Waals surface area contributed by atoms with E-state index >= 15 is 0 Å². The Morgan fingerprint density at radius 3 is 2.37 bits per heavy atom. The van der Waals surface area contributed by atoms with Crippen LogP contribution in [0.3, 0.4) is 0 Å². The highest BCUT2D eigenvalue weighted by Gasteiger charge is 2.48. The summed E-state index contributed by atoms with van der Waals surface area (Å²) < 4.78 is 5.87. The van der Waals surface area contributed by atoms with Gasteiger partial charge in [-0.05, 0) is 24.9 Å². The normalized spacial score (nSPS) is 22.7. The number of aliphatic hydroxyl groups excluding tert-OH is 4. The van der Waals surface area contributed by atoms with E-state index in [9.17, 15) is 39.9 Å². The number of fused-ring (bicyclic) bond motifs is 1. The Morgan fingerprint density at radius 2 is 1.71 bits per heavy atom. The summed E-state index contributed by atoms with van der Waals surface area (Å²) in [6.07, 6.45) is 4.68. The van der Waals surface area contributed by atoms with Crippen molar-refractivity contribution in [3.05, 3.63) is 12.7 Å². The summed E-state index contributed by atoms with van der Waals surface area (Å²) in [6.45, 7) is 1.35. The van der Waals surface area contributed by atoms with E-state index in [1.165, 1.54) is 50.1 Å². The molecule has 2 aromatic heterocycles. The van der Waals surface area contributed by atoms with Crippen molar-refractivity contribution in [2.75, 3.05) is 23.9 Å². The number of carbonyl (C=O) groups is 3. The van der Waals surface area contributed by atoms with Gasteiger partial charge in [0.1, 0.15) is 42.3 Å². The number of aliphatic hydroxyl groups is 4. The van der Waals surface area contributed by atoms with Crippen LogP contribution < -0.4 is 21.3 Å². The molecule has 276 valence electrons. The fourth-order valence-electron chi connectivity index (χ4n) is 5.63. The van der Waals surface area contributed by atoms with Crippen LogP contribution in [0.15, 0.2) is 12.7 Å². The maximum Gasteiger partial charge on any atom is 0.320 e. The van der Waals surface area contributed by atoms with Gasteiger partial charge < -0.3 is 51.2 Å². The molecule has 0 bridgehead atoms. The van der Waals surface area contributed by atoms with Gasteiger partial charge in [-0.1, -0.05) is 58.3 Å². The number of amides is 2. The fraction of sp³-hybridized carbons (Fsp3) is 0.742. The van der Waals surface area contributed by atoms with Crippen LogP contribution in [0.1, 0.15) is 77.6 Å². The molecular weight excluding hydrogens is 660 g/mol. The van der Waals surface area contributed by atoms with Crippen molar-refractivity contribution in [1.82, 2.24) is 35.9 Å². The van der Waals surface area contributed by atoms with Crippen molar-refractivity contribution in [3.63, 3.8) is 0 Å². The first-order chi connectivity index (χ1) is 23.6. The predicted octanol–water partition coefficient (Wildman–Crippen LogP) is 0.209. The van der Waals surface area contributed by atoms with Gasteiger partial charge in [0, 0.05) is 6.42 Å². The van der Waals surface area contributed by atoms with Crippen molar-refractivity contribution < 1.29 is 44.7 Å². The number of aliphatic carboxylic acids is 1. The number of H-pyrrole nitrogens is 1. The highest BCUT2D eigenvalue weighted by atomic mass is 32.2. The number of carboxylic acid groups (broad SMARTS) is 1. The predicted molar refractivity (Wildman–Crippen MR) is 182 cm³/mol. The van der Waals surface area contributed by atoms with Gasteiger partial charge in [0.05, 0.1) is 19.0 Å². The molecular formula is C31H52N8O9S. The summed E-state index contributed by atoms with van der Waals surface area (Å²) >= 11 is 1.42. The van der Waals surface area contributed by atoms with Crippen LogP contribution in [0, 0.1) is 0 Å². The number of unbranched alkanes of at least 4 members (excludes halogenated alkanes) is 8. The quantitative estimate of drug-likeness (QED) is 0.0545. The lowest BCUT2D eigenvalue weighted by molar-refractivity contribution is -0.204. The SMILES string of the molecule is CCCCCCCCCCCC(=O)NC(NC(CCSC)C(=O)O)C(=O)N[C@@H]1[C@@H](O)[C@@H](O)[C@@H](Nc2ncnc3nc[nH]c23)O[C@H]1[C@@H](O)CO. The molecule has 2 amide bonds. The number of rotatable bonds is 23. The summed E-state index contributed by atoms with van der Waals surface area (Å²) in [7, 11) is 0. The molecule has 1 aliphatic rings. The lowest BCUT2D eigenvalue weighted by Crippen LogP contribution is -2.70. The molecule has 17 nitrogen and oxygen atoms in total. The minimum atomic E-state index is -1.76. The number of ether oxygens (including phenoxy) is 1. The number of hydrogen-bond donors (Lipinski definition) is 10. The number of thioether (sulfide) groups is 1. The van der Waals surface area contributed by atoms with Crippen molar-refractivity contribution in [1.29, 1.82) is 0 Å². The molecule has 2 aromatic rings. The van der Waals surface area contributed by atoms with Crippen LogP contribution in [0.5, 0.6) is 0 Å². The maximum absolute atomic E-state index is 13.7. The molecule has 8 atom stereocenters. The topological polar surface area (TPSA) is 264 Å². The van der Waals surface area contributed by atoms with Crippen molar-refractivity contribution in [2.24, 2.45) is 0 Å². The van der Waals surface area contributed by atoms with E-state index < -0.39 is 73.3 Å². The van der Waals surface area contributed by atoms with E-state index in [1.807, 2.05) is 6.26 Å². The zero-order valence-electron chi connectivity index (χ0n) is 28.1. The summed E-state index contributed by atoms with van der Waals surface area (Å²) in [5.41, 5.74) is 0.694. The Kier molecular flexibility index (Phi) is 17.4. The standard InChI is InChI=1S/C31H52N8O9S/c1-3-4-5-6-7-8-9-10-11-12-20(42)37-28(36-18(31(46)47)13-14-49-2)29(45)38-21-23(43)24(44)30(48-25(21)19(41)15-40)39-27-22-26(33-16-32-22)34-17-35-27/h16-19,21,23-25,28,30,36,40-41,43-44H,3-15H2,1-2H3,(H,37,42)(H,38,45)(H,46,47)(H2,32,33,34,35,39)/t18?,19-,21+,23+,24+,25-,28?,30-/m0/s1. The van der Waals surface area contributed by atoms with Gasteiger partial charge in [-0.15, -0.1) is 0 Å². The van der Waals surface area contributed by atoms with Crippen molar-refractivity contribution in [2.45, 2.75) is 126 Å². The van der Waals surface area contributed by atoms with E-state index in [0.29, 0.717) is 23.3 Å². The van der Waals surface area contributed by atoms with Gasteiger partial charge in [-0.3, -0.25) is 19.7 Å². The van der Waals surface area contributed by atoms with E-state index in [-0.39, 0.29) is 18.7 Å². The molecule has 3 rings (SSSR count). The second kappa shape index (κ2) is 21.2. The second-order valence-corrected chi connectivity index (χ2v) is 13.2. The molecule has 1 saturated heterocycles. The number of aromatic amines is 1. The lowest BCUT2D eigenvalue weighted by Gasteiger charge is -2.45. The van der Waals surface area contributed by atoms with E-state index in [4.69, 9.17) is 4.74 Å². The summed E-state index contributed by atoms with van der Waals surface area (Å²) in [5.74, 6) is -2.01. The Labute approximate surface area is 289 Å². The Morgan fingerprint density at radius 1 is 1.02 bits per heavy atom. The first kappa shape index (κ1) is 40.3. The van der Waals surface area contributed by atoms with Crippen molar-refractivity contribution in [3.8, 4) is 0 Å². The number of carbonyl (C=O) groups excluding carboxylic acids is 2. The zero-order chi connectivity index (χ0) is 35.8. The number of imidazole rings is 1. The molecule has 0 aromatic carbocycles. The van der Waals surface area contributed by atoms with E-state index in [2.05, 4.69) is 48.1 Å². The van der Waals surface area contributed by atoms with Crippen LogP contribution in [0.4, 0.5) is 5.82 Å². The zero-order valence-corrected chi connectivity index (χ0v) is 28.9. The average molecular weight is 713 g/mol. The number of nitrogens with zero attached hydrogens (tertiary/aromatic N) is 3. The molecule has 1 fully saturated rings. The third kappa shape index (κ3) is 12.3. The molecule has 0 spiro atoms. The van der Waals surface area contributed by atoms with Gasteiger partial charge >= 0.3 is 5.97 Å². The third-order valence-electron chi connectivity index (χ3n) is 8.41. The summed E-state index contributed by atoms with van der Waals surface area (Å²) in [5, 5.41) is 63.0. The smallest absolute Gasteiger partial charge is 0.320 e. The van der Waals surface area contributed by atoms with Crippen LogP contribution >= 0.6 is 11.8 Å². The van der Waals surface area contributed by atoms with Crippen LogP contribution in [0.2, 0.25) is 0 Å². The minimum absolute atomic E-state index is 0.115. The minimum Gasteiger partial charge on any atom is -0.480 e. The van der Waals surface area contributed by atoms with Gasteiger partial charge in [0.15, 0.2) is 23.9 Å². The third-order valence-corrected chi connectivity index (χ3v) is 9.06. The maximum atomic E-state index is 13.7. The second-order valence-electron chi connectivity index (χ2n) is 12.2. The number of anilines is 1. The van der Waals surface area contributed by atoms with Crippen LogP contribution in [-0.2, 0) is 19.1 Å². The van der Waals surface area contributed by atoms with Crippen LogP contribution in [0.25, 0.3) is 11.2 Å². The molecule has 1 aliphatic heterocycles. The molecule has 3 heterocycles. The fourth-order valence-corrected chi connectivity index (χ4v) is 6.10. The van der Waals surface area contributed by atoms with Gasteiger partial charge in [0.25, 0.3) is 5.91 Å². The largest absolute Gasteiger partial charge is 0.480 e. The molecule has 18 heteroatoms. The molecule has 0 saturated carbocycles. The highest BCUT2D eigenvalue weighted by molar-refractivity contribution is 7.98. The number of aromatic nitrogens is 4. The summed E-state index contributed by atoms with van der Waals surface area (Å²) in [4.78, 5) is 53.7. The van der Waals surface area contributed by atoms with Gasteiger partial charge in [-0.25, -0.2) is 15.0 Å². The molecule has 2 unspecified atom stereocenters. The number of nitrogens with one attached hydrogen (secondary N) is 5. The van der Waals surface area contributed by atoms with Crippen molar-refractivity contribution >= 4 is 46.5 Å². The van der Waals surface area contributed by atoms with E-state index in [0.717, 1.165) is 25.7 Å². The molecule has 0 aliphatic carbocycles. The molecule has 49 heavy (non-hydrogen) atoms. The monoisotopic (exact) mass is 712 g/mol. The van der Waals surface area contributed by atoms with Crippen LogP contribution in [-0.4, -0.2) is 131 Å². The first-order valence-electron chi connectivity index (χ1n) is 16.9. The average Bonchev–Trinajstić information content (AvgIpc) is 3.58. The summed E-state index contributed by atoms with van der Waals surface area (Å²) in [6, 6.07) is -2.69.